The van der Waals surface area contributed by atoms with Crippen molar-refractivity contribution in [2.24, 2.45) is 0 Å². The number of benzene rings is 2. The molecule has 1 aliphatic rings. The number of amides is 1. The standard InChI is InChI=1S/C20H23NO3/c1-4-24-16-7-5-6-14(10-16)17-12-18(17)21-20(22)15-9-8-13(2)19(11-15)23-3/h5-11,17-18H,4,12H2,1-3H3,(H,21,22)/t17-,18+/m0/s1. The number of carbonyl (C=O) groups is 1. The van der Waals surface area contributed by atoms with E-state index in [0.717, 1.165) is 23.5 Å². The Bertz CT molecular complexity index is 741. The summed E-state index contributed by atoms with van der Waals surface area (Å²) in [5, 5.41) is 3.11. The van der Waals surface area contributed by atoms with Crippen LogP contribution in [-0.4, -0.2) is 25.7 Å². The zero-order valence-electron chi connectivity index (χ0n) is 14.3. The molecule has 0 spiro atoms. The van der Waals surface area contributed by atoms with Crippen molar-refractivity contribution in [2.45, 2.75) is 32.2 Å². The fraction of sp³-hybridized carbons (Fsp3) is 0.350. The Morgan fingerprint density at radius 1 is 1.25 bits per heavy atom. The van der Waals surface area contributed by atoms with Crippen LogP contribution in [0.4, 0.5) is 0 Å². The Kier molecular flexibility index (Phi) is 4.74. The van der Waals surface area contributed by atoms with Gasteiger partial charge in [-0.25, -0.2) is 0 Å². The number of hydrogen-bond donors (Lipinski definition) is 1. The molecule has 0 aliphatic heterocycles. The first-order valence-electron chi connectivity index (χ1n) is 8.30. The van der Waals surface area contributed by atoms with E-state index >= 15 is 0 Å². The third-order valence-corrected chi connectivity index (χ3v) is 4.37. The molecule has 0 radical (unpaired) electrons. The molecule has 0 heterocycles. The Balaban J connectivity index is 1.64. The second-order valence-electron chi connectivity index (χ2n) is 6.11. The van der Waals surface area contributed by atoms with Gasteiger partial charge in [-0.2, -0.15) is 0 Å². The molecule has 1 amide bonds. The molecule has 2 atom stereocenters. The van der Waals surface area contributed by atoms with Crippen molar-refractivity contribution < 1.29 is 14.3 Å². The van der Waals surface area contributed by atoms with Crippen LogP contribution in [0, 0.1) is 6.92 Å². The zero-order chi connectivity index (χ0) is 17.1. The molecule has 0 unspecified atom stereocenters. The minimum atomic E-state index is -0.0539. The largest absolute Gasteiger partial charge is 0.496 e. The van der Waals surface area contributed by atoms with Crippen molar-refractivity contribution in [1.82, 2.24) is 5.32 Å². The molecule has 1 saturated carbocycles. The van der Waals surface area contributed by atoms with Gasteiger partial charge in [0.25, 0.3) is 5.91 Å². The van der Waals surface area contributed by atoms with Gasteiger partial charge in [0.2, 0.25) is 0 Å². The first kappa shape index (κ1) is 16.4. The molecular weight excluding hydrogens is 302 g/mol. The number of nitrogens with one attached hydrogen (secondary N) is 1. The minimum Gasteiger partial charge on any atom is -0.496 e. The SMILES string of the molecule is CCOc1cccc([C@@H]2C[C@H]2NC(=O)c2ccc(C)c(OC)c2)c1. The van der Waals surface area contributed by atoms with Gasteiger partial charge in [0, 0.05) is 17.5 Å². The van der Waals surface area contributed by atoms with E-state index in [4.69, 9.17) is 9.47 Å². The van der Waals surface area contributed by atoms with Crippen LogP contribution < -0.4 is 14.8 Å². The van der Waals surface area contributed by atoms with E-state index in [0.29, 0.717) is 18.1 Å². The summed E-state index contributed by atoms with van der Waals surface area (Å²) in [6.07, 6.45) is 0.963. The summed E-state index contributed by atoms with van der Waals surface area (Å²) in [6.45, 7) is 4.59. The van der Waals surface area contributed by atoms with Gasteiger partial charge in [-0.1, -0.05) is 18.2 Å². The second-order valence-corrected chi connectivity index (χ2v) is 6.11. The first-order chi connectivity index (χ1) is 11.6. The fourth-order valence-electron chi connectivity index (χ4n) is 2.94. The third kappa shape index (κ3) is 3.53. The fourth-order valence-corrected chi connectivity index (χ4v) is 2.94. The average molecular weight is 325 g/mol. The van der Waals surface area contributed by atoms with Crippen LogP contribution >= 0.6 is 0 Å². The highest BCUT2D eigenvalue weighted by Crippen LogP contribution is 2.42. The van der Waals surface area contributed by atoms with E-state index in [1.54, 1.807) is 13.2 Å². The van der Waals surface area contributed by atoms with E-state index in [9.17, 15) is 4.79 Å². The van der Waals surface area contributed by atoms with Crippen LogP contribution in [0.1, 0.15) is 40.7 Å². The van der Waals surface area contributed by atoms with Crippen LogP contribution in [0.3, 0.4) is 0 Å². The zero-order valence-corrected chi connectivity index (χ0v) is 14.3. The quantitative estimate of drug-likeness (QED) is 0.881. The molecule has 2 aromatic rings. The summed E-state index contributed by atoms with van der Waals surface area (Å²) in [4.78, 5) is 12.4. The van der Waals surface area contributed by atoms with E-state index in [2.05, 4.69) is 17.4 Å². The van der Waals surface area contributed by atoms with Crippen molar-refractivity contribution in [3.8, 4) is 11.5 Å². The molecule has 0 bridgehead atoms. The lowest BCUT2D eigenvalue weighted by molar-refractivity contribution is 0.0950. The van der Waals surface area contributed by atoms with E-state index < -0.39 is 0 Å². The molecule has 1 fully saturated rings. The maximum Gasteiger partial charge on any atom is 0.251 e. The highest BCUT2D eigenvalue weighted by atomic mass is 16.5. The maximum absolute atomic E-state index is 12.4. The Labute approximate surface area is 142 Å². The first-order valence-corrected chi connectivity index (χ1v) is 8.30. The van der Waals surface area contributed by atoms with Crippen LogP contribution in [0.5, 0.6) is 11.5 Å². The number of hydrogen-bond acceptors (Lipinski definition) is 3. The van der Waals surface area contributed by atoms with Gasteiger partial charge in [-0.15, -0.1) is 0 Å². The highest BCUT2D eigenvalue weighted by Gasteiger charge is 2.39. The van der Waals surface area contributed by atoms with Crippen LogP contribution in [0.15, 0.2) is 42.5 Å². The molecule has 1 aliphatic carbocycles. The van der Waals surface area contributed by atoms with Crippen molar-refractivity contribution in [3.63, 3.8) is 0 Å². The van der Waals surface area contributed by atoms with E-state index in [1.165, 1.54) is 5.56 Å². The van der Waals surface area contributed by atoms with Crippen molar-refractivity contribution in [3.05, 3.63) is 59.2 Å². The summed E-state index contributed by atoms with van der Waals surface area (Å²) in [5.74, 6) is 1.93. The molecule has 2 aromatic carbocycles. The molecule has 0 saturated heterocycles. The lowest BCUT2D eigenvalue weighted by Gasteiger charge is -2.09. The average Bonchev–Trinajstić information content (AvgIpc) is 3.35. The molecule has 1 N–H and O–H groups in total. The van der Waals surface area contributed by atoms with Gasteiger partial charge < -0.3 is 14.8 Å². The Hall–Kier alpha value is -2.49. The minimum absolute atomic E-state index is 0.0539. The molecule has 0 aromatic heterocycles. The topological polar surface area (TPSA) is 47.6 Å². The van der Waals surface area contributed by atoms with Gasteiger partial charge in [0.15, 0.2) is 0 Å². The van der Waals surface area contributed by atoms with E-state index in [-0.39, 0.29) is 11.9 Å². The molecule has 3 rings (SSSR count). The number of aryl methyl sites for hydroxylation is 1. The van der Waals surface area contributed by atoms with Gasteiger partial charge >= 0.3 is 0 Å². The Morgan fingerprint density at radius 2 is 2.08 bits per heavy atom. The summed E-state index contributed by atoms with van der Waals surface area (Å²) in [7, 11) is 1.62. The second kappa shape index (κ2) is 6.95. The summed E-state index contributed by atoms with van der Waals surface area (Å²) in [6, 6.07) is 13.8. The molecular formula is C20H23NO3. The number of ether oxygens (including phenoxy) is 2. The van der Waals surface area contributed by atoms with Crippen molar-refractivity contribution in [1.29, 1.82) is 0 Å². The summed E-state index contributed by atoms with van der Waals surface area (Å²) >= 11 is 0. The monoisotopic (exact) mass is 325 g/mol. The van der Waals surface area contributed by atoms with Gasteiger partial charge in [0.05, 0.1) is 13.7 Å². The molecule has 24 heavy (non-hydrogen) atoms. The highest BCUT2D eigenvalue weighted by molar-refractivity contribution is 5.95. The molecule has 4 nitrogen and oxygen atoms in total. The normalized spacial score (nSPS) is 18.8. The van der Waals surface area contributed by atoms with Crippen LogP contribution in [0.25, 0.3) is 0 Å². The van der Waals surface area contributed by atoms with Crippen LogP contribution in [-0.2, 0) is 0 Å². The predicted molar refractivity (Wildman–Crippen MR) is 94.0 cm³/mol. The van der Waals surface area contributed by atoms with Gasteiger partial charge in [-0.05, 0) is 55.7 Å². The Morgan fingerprint density at radius 3 is 2.83 bits per heavy atom. The lowest BCUT2D eigenvalue weighted by atomic mass is 10.1. The summed E-state index contributed by atoms with van der Waals surface area (Å²) < 4.78 is 10.8. The van der Waals surface area contributed by atoms with Gasteiger partial charge in [-0.3, -0.25) is 4.79 Å². The summed E-state index contributed by atoms with van der Waals surface area (Å²) in [5.41, 5.74) is 2.87. The van der Waals surface area contributed by atoms with Crippen molar-refractivity contribution >= 4 is 5.91 Å². The smallest absolute Gasteiger partial charge is 0.251 e. The molecule has 4 heteroatoms. The predicted octanol–water partition coefficient (Wildman–Crippen LogP) is 3.69. The van der Waals surface area contributed by atoms with E-state index in [1.807, 2.05) is 38.1 Å². The lowest BCUT2D eigenvalue weighted by Crippen LogP contribution is -2.26. The number of methoxy groups -OCH3 is 1. The number of carbonyl (C=O) groups excluding carboxylic acids is 1. The number of rotatable bonds is 6. The van der Waals surface area contributed by atoms with Crippen molar-refractivity contribution in [2.75, 3.05) is 13.7 Å². The third-order valence-electron chi connectivity index (χ3n) is 4.37. The maximum atomic E-state index is 12.4. The van der Waals surface area contributed by atoms with Crippen LogP contribution in [0.2, 0.25) is 0 Å². The molecule has 126 valence electrons. The van der Waals surface area contributed by atoms with Gasteiger partial charge in [0.1, 0.15) is 11.5 Å².